The highest BCUT2D eigenvalue weighted by Crippen LogP contribution is 2.50. The van der Waals surface area contributed by atoms with Crippen LogP contribution in [-0.2, 0) is 0 Å². The molecule has 0 radical (unpaired) electrons. The van der Waals surface area contributed by atoms with Crippen LogP contribution in [0.5, 0.6) is 0 Å². The molecular formula is C26H18Br4Cl4N4. The van der Waals surface area contributed by atoms with Gasteiger partial charge in [0.2, 0.25) is 0 Å². The van der Waals surface area contributed by atoms with Crippen LogP contribution in [0, 0.1) is 0 Å². The number of rotatable bonds is 5. The summed E-state index contributed by atoms with van der Waals surface area (Å²) in [5.41, 5.74) is 29.8. The minimum absolute atomic E-state index is 0.378. The number of hydrogen-bond donors (Lipinski definition) is 4. The molecule has 198 valence electrons. The molecule has 4 aromatic carbocycles. The molecule has 0 bridgehead atoms. The van der Waals surface area contributed by atoms with Crippen LogP contribution in [0.2, 0.25) is 20.1 Å². The highest BCUT2D eigenvalue weighted by molar-refractivity contribution is 9.11. The standard InChI is InChI=1S/C26H18Br4Cl4N4/c27-13-1-9(5-17(31)23(13)35)21(10-2-14(28)24(36)18(32)6-10)22(11-3-15(29)25(37)19(33)7-11)12-4-16(30)26(38)20(34)8-12/h1-8,21-22H,35-38H2. The Morgan fingerprint density at radius 3 is 0.737 bits per heavy atom. The average Bonchev–Trinajstić information content (AvgIpc) is 2.85. The van der Waals surface area contributed by atoms with Crippen LogP contribution in [0.3, 0.4) is 0 Å². The molecule has 0 atom stereocenters. The summed E-state index contributed by atoms with van der Waals surface area (Å²) in [7, 11) is 0. The lowest BCUT2D eigenvalue weighted by atomic mass is 9.73. The van der Waals surface area contributed by atoms with E-state index in [-0.39, 0.29) is 11.8 Å². The van der Waals surface area contributed by atoms with Crippen molar-refractivity contribution in [1.29, 1.82) is 0 Å². The van der Waals surface area contributed by atoms with Crippen molar-refractivity contribution in [3.8, 4) is 0 Å². The van der Waals surface area contributed by atoms with E-state index in [1.807, 2.05) is 48.5 Å². The molecule has 4 nitrogen and oxygen atoms in total. The lowest BCUT2D eigenvalue weighted by Crippen LogP contribution is -2.16. The van der Waals surface area contributed by atoms with E-state index >= 15 is 0 Å². The van der Waals surface area contributed by atoms with Gasteiger partial charge in [0.15, 0.2) is 0 Å². The molecular weight excluding hydrogens is 830 g/mol. The molecule has 8 N–H and O–H groups in total. The quantitative estimate of drug-likeness (QED) is 0.150. The van der Waals surface area contributed by atoms with Crippen LogP contribution >= 0.6 is 110 Å². The van der Waals surface area contributed by atoms with E-state index in [9.17, 15) is 0 Å². The summed E-state index contributed by atoms with van der Waals surface area (Å²) in [6, 6.07) is 15.0. The van der Waals surface area contributed by atoms with Crippen molar-refractivity contribution in [1.82, 2.24) is 0 Å². The maximum absolute atomic E-state index is 6.58. The van der Waals surface area contributed by atoms with E-state index in [1.165, 1.54) is 0 Å². The Balaban J connectivity index is 2.14. The molecule has 0 fully saturated rings. The number of nitrogen functional groups attached to an aromatic ring is 4. The first kappa shape index (κ1) is 30.1. The van der Waals surface area contributed by atoms with E-state index < -0.39 is 0 Å². The topological polar surface area (TPSA) is 104 Å². The van der Waals surface area contributed by atoms with Crippen molar-refractivity contribution in [2.45, 2.75) is 11.8 Å². The minimum Gasteiger partial charge on any atom is -0.397 e. The Labute approximate surface area is 273 Å². The van der Waals surface area contributed by atoms with Crippen molar-refractivity contribution in [2.24, 2.45) is 0 Å². The number of halogens is 8. The van der Waals surface area contributed by atoms with Crippen LogP contribution in [0.25, 0.3) is 0 Å². The predicted octanol–water partition coefficient (Wildman–Crippen LogP) is 10.6. The summed E-state index contributed by atoms with van der Waals surface area (Å²) in [5.74, 6) is -0.756. The summed E-state index contributed by atoms with van der Waals surface area (Å²) in [6.07, 6.45) is 0. The van der Waals surface area contributed by atoms with Crippen molar-refractivity contribution < 1.29 is 0 Å². The third-order valence-electron chi connectivity index (χ3n) is 6.18. The molecule has 38 heavy (non-hydrogen) atoms. The largest absolute Gasteiger partial charge is 0.397 e. The third-order valence-corrected chi connectivity index (χ3v) is 10.1. The highest BCUT2D eigenvalue weighted by atomic mass is 79.9. The molecule has 0 aliphatic carbocycles. The van der Waals surface area contributed by atoms with Gasteiger partial charge in [-0.2, -0.15) is 0 Å². The van der Waals surface area contributed by atoms with Gasteiger partial charge in [-0.05, 0) is 135 Å². The van der Waals surface area contributed by atoms with Gasteiger partial charge < -0.3 is 22.9 Å². The molecule has 0 heterocycles. The third kappa shape index (κ3) is 5.93. The second kappa shape index (κ2) is 12.0. The predicted molar refractivity (Wildman–Crippen MR) is 178 cm³/mol. The lowest BCUT2D eigenvalue weighted by Gasteiger charge is -2.31. The molecule has 4 aromatic rings. The molecule has 4 rings (SSSR count). The highest BCUT2D eigenvalue weighted by Gasteiger charge is 2.32. The zero-order chi connectivity index (χ0) is 28.0. The van der Waals surface area contributed by atoms with Gasteiger partial charge in [0, 0.05) is 29.7 Å². The van der Waals surface area contributed by atoms with E-state index in [1.54, 1.807) is 0 Å². The number of anilines is 4. The first-order valence-electron chi connectivity index (χ1n) is 10.8. The molecule has 0 aromatic heterocycles. The smallest absolute Gasteiger partial charge is 0.0650 e. The zero-order valence-corrected chi connectivity index (χ0v) is 28.5. The molecule has 0 unspecified atom stereocenters. The van der Waals surface area contributed by atoms with Crippen molar-refractivity contribution >= 4 is 133 Å². The summed E-state index contributed by atoms with van der Waals surface area (Å²) < 4.78 is 2.60. The van der Waals surface area contributed by atoms with Gasteiger partial charge in [-0.1, -0.05) is 46.4 Å². The summed E-state index contributed by atoms with van der Waals surface area (Å²) in [6.45, 7) is 0. The number of benzene rings is 4. The summed E-state index contributed by atoms with van der Waals surface area (Å²) >= 11 is 40.5. The molecule has 0 aliphatic heterocycles. The fourth-order valence-corrected chi connectivity index (χ4v) is 7.57. The van der Waals surface area contributed by atoms with Crippen LogP contribution < -0.4 is 22.9 Å². The van der Waals surface area contributed by atoms with Gasteiger partial charge in [0.1, 0.15) is 0 Å². The number of nitrogens with two attached hydrogens (primary N) is 4. The van der Waals surface area contributed by atoms with Crippen LogP contribution in [0.1, 0.15) is 34.1 Å². The van der Waals surface area contributed by atoms with E-state index in [0.29, 0.717) is 60.7 Å². The monoisotopic (exact) mass is 842 g/mol. The molecule has 0 aliphatic rings. The van der Waals surface area contributed by atoms with Gasteiger partial charge in [-0.25, -0.2) is 0 Å². The first-order chi connectivity index (χ1) is 17.8. The number of hydrogen-bond acceptors (Lipinski definition) is 4. The van der Waals surface area contributed by atoms with E-state index in [0.717, 1.165) is 22.3 Å². The Morgan fingerprint density at radius 2 is 0.579 bits per heavy atom. The normalized spacial score (nSPS) is 11.5. The molecule has 0 saturated carbocycles. The van der Waals surface area contributed by atoms with Gasteiger partial charge in [-0.3, -0.25) is 0 Å². The van der Waals surface area contributed by atoms with Crippen LogP contribution in [0.4, 0.5) is 22.7 Å². The van der Waals surface area contributed by atoms with Gasteiger partial charge >= 0.3 is 0 Å². The maximum atomic E-state index is 6.58. The van der Waals surface area contributed by atoms with Gasteiger partial charge in [-0.15, -0.1) is 0 Å². The Bertz CT molecular complexity index is 1260. The fourth-order valence-electron chi connectivity index (χ4n) is 4.29. The van der Waals surface area contributed by atoms with Crippen molar-refractivity contribution in [2.75, 3.05) is 22.9 Å². The Morgan fingerprint density at radius 1 is 0.395 bits per heavy atom. The maximum Gasteiger partial charge on any atom is 0.0650 e. The second-order valence-electron chi connectivity index (χ2n) is 8.55. The first-order valence-corrected chi connectivity index (χ1v) is 15.5. The molecule has 0 spiro atoms. The van der Waals surface area contributed by atoms with Crippen LogP contribution in [-0.4, -0.2) is 0 Å². The van der Waals surface area contributed by atoms with Crippen molar-refractivity contribution in [3.63, 3.8) is 0 Å². The lowest BCUT2D eigenvalue weighted by molar-refractivity contribution is 0.693. The second-order valence-corrected chi connectivity index (χ2v) is 13.6. The molecule has 12 heteroatoms. The van der Waals surface area contributed by atoms with Crippen molar-refractivity contribution in [3.05, 3.63) is 109 Å². The fraction of sp³-hybridized carbons (Fsp3) is 0.0769. The Kier molecular flexibility index (Phi) is 9.47. The van der Waals surface area contributed by atoms with E-state index in [2.05, 4.69) is 63.7 Å². The van der Waals surface area contributed by atoms with Crippen LogP contribution in [0.15, 0.2) is 66.4 Å². The zero-order valence-electron chi connectivity index (χ0n) is 19.1. The minimum atomic E-state index is -0.378. The molecule has 0 amide bonds. The van der Waals surface area contributed by atoms with Gasteiger partial charge in [0.05, 0.1) is 42.8 Å². The summed E-state index contributed by atoms with van der Waals surface area (Å²) in [5, 5.41) is 1.58. The summed E-state index contributed by atoms with van der Waals surface area (Å²) in [4.78, 5) is 0. The van der Waals surface area contributed by atoms with Gasteiger partial charge in [0.25, 0.3) is 0 Å². The Hall–Kier alpha value is -0.840. The molecule has 0 saturated heterocycles. The SMILES string of the molecule is Nc1c(Cl)cc(C(c2cc(Cl)c(N)c(Br)c2)C(c2cc(Cl)c(N)c(Br)c2)c2cc(Cl)c(N)c(Br)c2)cc1Br. The van der Waals surface area contributed by atoms with E-state index in [4.69, 9.17) is 69.3 Å². The average molecular weight is 848 g/mol.